The highest BCUT2D eigenvalue weighted by molar-refractivity contribution is 5.91. The molecule has 1 aromatic heterocycles. The Balaban J connectivity index is 0.00000208. The van der Waals surface area contributed by atoms with E-state index < -0.39 is 0 Å². The van der Waals surface area contributed by atoms with Gasteiger partial charge in [-0.25, -0.2) is 4.98 Å². The number of aryl methyl sites for hydroxylation is 1. The molecule has 7 heteroatoms. The number of hydrogen-bond acceptors (Lipinski definition) is 4. The normalized spacial score (nSPS) is 14.9. The van der Waals surface area contributed by atoms with Crippen LogP contribution in [0.2, 0.25) is 0 Å². The lowest BCUT2D eigenvalue weighted by Crippen LogP contribution is -2.28. The van der Waals surface area contributed by atoms with Crippen LogP contribution in [0.3, 0.4) is 0 Å². The van der Waals surface area contributed by atoms with Crippen LogP contribution in [0.4, 0.5) is 5.69 Å². The quantitative estimate of drug-likeness (QED) is 0.775. The number of aromatic amines is 1. The fraction of sp³-hybridized carbons (Fsp3) is 0.471. The monoisotopic (exact) mass is 349 g/mol. The number of H-pyrrole nitrogens is 1. The number of halogens is 1. The zero-order valence-corrected chi connectivity index (χ0v) is 14.7. The molecule has 1 aromatic carbocycles. The number of hydrogen-bond donors (Lipinski definition) is 3. The van der Waals surface area contributed by atoms with Crippen LogP contribution in [-0.2, 0) is 4.79 Å². The third-order valence-electron chi connectivity index (χ3n) is 4.24. The number of carbonyl (C=O) groups excluding carboxylic acids is 1. The fourth-order valence-corrected chi connectivity index (χ4v) is 2.94. The van der Waals surface area contributed by atoms with Gasteiger partial charge in [-0.1, -0.05) is 12.1 Å². The maximum Gasteiger partial charge on any atom is 0.224 e. The van der Waals surface area contributed by atoms with Crippen molar-refractivity contribution in [3.05, 3.63) is 30.1 Å². The Morgan fingerprint density at radius 1 is 1.33 bits per heavy atom. The standard InChI is InChI=1S/C17H23N5O.ClH/c1-12-19-17(22-21-12)14-3-2-4-15(11-14)20-16(23)6-5-13-7-9-18-10-8-13;/h2-4,11,13,18H,5-10H2,1H3,(H,20,23)(H,19,21,22);1H. The van der Waals surface area contributed by atoms with E-state index in [4.69, 9.17) is 0 Å². The van der Waals surface area contributed by atoms with E-state index in [2.05, 4.69) is 25.8 Å². The summed E-state index contributed by atoms with van der Waals surface area (Å²) in [6.07, 6.45) is 3.89. The highest BCUT2D eigenvalue weighted by atomic mass is 35.5. The molecular weight excluding hydrogens is 326 g/mol. The van der Waals surface area contributed by atoms with Gasteiger partial charge in [-0.05, 0) is 57.3 Å². The molecule has 0 aliphatic carbocycles. The van der Waals surface area contributed by atoms with Crippen LogP contribution in [-0.4, -0.2) is 34.2 Å². The average Bonchev–Trinajstić information content (AvgIpc) is 3.01. The highest BCUT2D eigenvalue weighted by Gasteiger charge is 2.14. The Kier molecular flexibility index (Phi) is 6.75. The maximum absolute atomic E-state index is 12.1. The first-order valence-electron chi connectivity index (χ1n) is 8.21. The van der Waals surface area contributed by atoms with Crippen molar-refractivity contribution in [1.82, 2.24) is 20.5 Å². The van der Waals surface area contributed by atoms with Crippen molar-refractivity contribution < 1.29 is 4.79 Å². The van der Waals surface area contributed by atoms with Crippen LogP contribution in [0.5, 0.6) is 0 Å². The van der Waals surface area contributed by atoms with E-state index in [0.29, 0.717) is 18.2 Å². The van der Waals surface area contributed by atoms with Crippen molar-refractivity contribution in [2.45, 2.75) is 32.6 Å². The first-order chi connectivity index (χ1) is 11.2. The molecule has 0 atom stereocenters. The SMILES string of the molecule is Cc1nc(-c2cccc(NC(=O)CCC3CCNCC3)c2)n[nH]1.Cl. The van der Waals surface area contributed by atoms with Crippen LogP contribution in [0, 0.1) is 12.8 Å². The molecule has 1 amide bonds. The van der Waals surface area contributed by atoms with Gasteiger partial charge in [0.15, 0.2) is 5.82 Å². The van der Waals surface area contributed by atoms with E-state index in [1.807, 2.05) is 31.2 Å². The molecule has 1 aliphatic heterocycles. The average molecular weight is 350 g/mol. The molecule has 1 aliphatic rings. The van der Waals surface area contributed by atoms with E-state index in [1.165, 1.54) is 12.8 Å². The van der Waals surface area contributed by atoms with Crippen molar-refractivity contribution in [3.8, 4) is 11.4 Å². The summed E-state index contributed by atoms with van der Waals surface area (Å²) in [5.74, 6) is 2.17. The number of anilines is 1. The largest absolute Gasteiger partial charge is 0.326 e. The lowest BCUT2D eigenvalue weighted by Gasteiger charge is -2.22. The molecule has 0 bridgehead atoms. The molecule has 24 heavy (non-hydrogen) atoms. The topological polar surface area (TPSA) is 82.7 Å². The van der Waals surface area contributed by atoms with E-state index in [1.54, 1.807) is 0 Å². The molecule has 3 rings (SSSR count). The van der Waals surface area contributed by atoms with E-state index >= 15 is 0 Å². The summed E-state index contributed by atoms with van der Waals surface area (Å²) in [6, 6.07) is 7.65. The van der Waals surface area contributed by atoms with E-state index in [0.717, 1.165) is 36.6 Å². The van der Waals surface area contributed by atoms with Crippen LogP contribution >= 0.6 is 12.4 Å². The minimum atomic E-state index is 0. The number of aromatic nitrogens is 3. The Hall–Kier alpha value is -1.92. The Morgan fingerprint density at radius 2 is 2.12 bits per heavy atom. The Morgan fingerprint density at radius 3 is 2.83 bits per heavy atom. The summed E-state index contributed by atoms with van der Waals surface area (Å²) in [7, 11) is 0. The molecule has 2 aromatic rings. The van der Waals surface area contributed by atoms with Gasteiger partial charge in [-0.15, -0.1) is 12.4 Å². The van der Waals surface area contributed by atoms with Gasteiger partial charge >= 0.3 is 0 Å². The van der Waals surface area contributed by atoms with E-state index in [-0.39, 0.29) is 18.3 Å². The van der Waals surface area contributed by atoms with Gasteiger partial charge in [-0.3, -0.25) is 9.89 Å². The number of benzene rings is 1. The predicted molar refractivity (Wildman–Crippen MR) is 97.3 cm³/mol. The molecule has 1 fully saturated rings. The summed E-state index contributed by atoms with van der Waals surface area (Å²) >= 11 is 0. The molecule has 3 N–H and O–H groups in total. The summed E-state index contributed by atoms with van der Waals surface area (Å²) in [6.45, 7) is 4.01. The third-order valence-corrected chi connectivity index (χ3v) is 4.24. The summed E-state index contributed by atoms with van der Waals surface area (Å²) in [5.41, 5.74) is 1.69. The van der Waals surface area contributed by atoms with Crippen molar-refractivity contribution in [3.63, 3.8) is 0 Å². The molecule has 0 spiro atoms. The van der Waals surface area contributed by atoms with E-state index in [9.17, 15) is 4.79 Å². The molecule has 0 radical (unpaired) electrons. The second-order valence-electron chi connectivity index (χ2n) is 6.11. The molecule has 2 heterocycles. The van der Waals surface area contributed by atoms with Crippen molar-refractivity contribution in [2.24, 2.45) is 5.92 Å². The van der Waals surface area contributed by atoms with Gasteiger partial charge in [0, 0.05) is 17.7 Å². The van der Waals surface area contributed by atoms with Crippen molar-refractivity contribution >= 4 is 24.0 Å². The van der Waals surface area contributed by atoms with Gasteiger partial charge in [0.1, 0.15) is 5.82 Å². The lowest BCUT2D eigenvalue weighted by molar-refractivity contribution is -0.116. The van der Waals surface area contributed by atoms with Gasteiger partial charge in [0.25, 0.3) is 0 Å². The van der Waals surface area contributed by atoms with Crippen LogP contribution in [0.15, 0.2) is 24.3 Å². The summed E-state index contributed by atoms with van der Waals surface area (Å²) in [4.78, 5) is 16.5. The highest BCUT2D eigenvalue weighted by Crippen LogP contribution is 2.21. The maximum atomic E-state index is 12.1. The number of amides is 1. The van der Waals surface area contributed by atoms with Crippen LogP contribution < -0.4 is 10.6 Å². The molecule has 1 saturated heterocycles. The molecule has 0 unspecified atom stereocenters. The number of rotatable bonds is 5. The smallest absolute Gasteiger partial charge is 0.224 e. The minimum absolute atomic E-state index is 0. The minimum Gasteiger partial charge on any atom is -0.326 e. The molecule has 0 saturated carbocycles. The Labute approximate surface area is 148 Å². The fourth-order valence-electron chi connectivity index (χ4n) is 2.94. The molecule has 6 nitrogen and oxygen atoms in total. The second-order valence-corrected chi connectivity index (χ2v) is 6.11. The zero-order chi connectivity index (χ0) is 16.1. The summed E-state index contributed by atoms with van der Waals surface area (Å²) < 4.78 is 0. The number of nitrogens with zero attached hydrogens (tertiary/aromatic N) is 2. The number of piperidine rings is 1. The number of carbonyl (C=O) groups is 1. The number of nitrogens with one attached hydrogen (secondary N) is 3. The first kappa shape index (κ1) is 18.4. The zero-order valence-electron chi connectivity index (χ0n) is 13.8. The van der Waals surface area contributed by atoms with Gasteiger partial charge in [0.2, 0.25) is 5.91 Å². The Bertz CT molecular complexity index is 667. The van der Waals surface area contributed by atoms with Gasteiger partial charge in [-0.2, -0.15) is 5.10 Å². The van der Waals surface area contributed by atoms with Crippen molar-refractivity contribution in [1.29, 1.82) is 0 Å². The predicted octanol–water partition coefficient (Wildman–Crippen LogP) is 2.92. The van der Waals surface area contributed by atoms with Crippen LogP contribution in [0.1, 0.15) is 31.5 Å². The van der Waals surface area contributed by atoms with Crippen molar-refractivity contribution in [2.75, 3.05) is 18.4 Å². The van der Waals surface area contributed by atoms with Crippen LogP contribution in [0.25, 0.3) is 11.4 Å². The summed E-state index contributed by atoms with van der Waals surface area (Å²) in [5, 5.41) is 13.3. The van der Waals surface area contributed by atoms with Gasteiger partial charge in [0.05, 0.1) is 0 Å². The lowest BCUT2D eigenvalue weighted by atomic mass is 9.93. The molecular formula is C17H24ClN5O. The molecule has 130 valence electrons. The van der Waals surface area contributed by atoms with Gasteiger partial charge < -0.3 is 10.6 Å². The second kappa shape index (κ2) is 8.80. The first-order valence-corrected chi connectivity index (χ1v) is 8.21. The third kappa shape index (κ3) is 5.04.